The van der Waals surface area contributed by atoms with Crippen LogP contribution < -0.4 is 10.3 Å². The zero-order valence-corrected chi connectivity index (χ0v) is 10.3. The third kappa shape index (κ3) is 2.30. The van der Waals surface area contributed by atoms with E-state index >= 15 is 0 Å². The Morgan fingerprint density at radius 2 is 2.05 bits per heavy atom. The van der Waals surface area contributed by atoms with E-state index in [0.29, 0.717) is 12.4 Å². The molecule has 3 N–H and O–H groups in total. The van der Waals surface area contributed by atoms with Gasteiger partial charge in [0.1, 0.15) is 0 Å². The van der Waals surface area contributed by atoms with Crippen LogP contribution in [0.3, 0.4) is 0 Å². The highest BCUT2D eigenvalue weighted by Gasteiger charge is 2.12. The minimum Gasteiger partial charge on any atom is -0.368 e. The molecule has 1 aromatic carbocycles. The molecule has 0 saturated heterocycles. The number of hydrogen-bond donors (Lipinski definition) is 2. The van der Waals surface area contributed by atoms with E-state index in [0.717, 1.165) is 11.2 Å². The molecular weight excluding hydrogens is 238 g/mol. The SMILES string of the molecule is Nc1nc[n+](C/C=C\c2ccccc2)c2nc[nH]c12. The summed E-state index contributed by atoms with van der Waals surface area (Å²) >= 11 is 0. The van der Waals surface area contributed by atoms with Gasteiger partial charge in [-0.05, 0) is 11.6 Å². The second-order valence-corrected chi connectivity index (χ2v) is 4.20. The molecule has 2 heterocycles. The van der Waals surface area contributed by atoms with Crippen molar-refractivity contribution in [2.24, 2.45) is 0 Å². The third-order valence-corrected chi connectivity index (χ3v) is 2.90. The van der Waals surface area contributed by atoms with Crippen molar-refractivity contribution in [3.8, 4) is 0 Å². The Bertz CT molecular complexity index is 715. The summed E-state index contributed by atoms with van der Waals surface area (Å²) in [5.41, 5.74) is 8.53. The average Bonchev–Trinajstić information content (AvgIpc) is 2.93. The van der Waals surface area contributed by atoms with E-state index in [-0.39, 0.29) is 0 Å². The van der Waals surface area contributed by atoms with Gasteiger partial charge in [-0.1, -0.05) is 46.4 Å². The molecule has 5 nitrogen and oxygen atoms in total. The molecule has 0 radical (unpaired) electrons. The second-order valence-electron chi connectivity index (χ2n) is 4.20. The van der Waals surface area contributed by atoms with Crippen molar-refractivity contribution < 1.29 is 4.57 Å². The van der Waals surface area contributed by atoms with E-state index < -0.39 is 0 Å². The van der Waals surface area contributed by atoms with E-state index in [9.17, 15) is 0 Å². The Balaban J connectivity index is 1.85. The molecule has 5 heteroatoms. The fourth-order valence-electron chi connectivity index (χ4n) is 1.94. The minimum absolute atomic E-state index is 0.468. The lowest BCUT2D eigenvalue weighted by molar-refractivity contribution is -0.665. The Kier molecular flexibility index (Phi) is 2.94. The van der Waals surface area contributed by atoms with Gasteiger partial charge >= 0.3 is 0 Å². The molecule has 94 valence electrons. The highest BCUT2D eigenvalue weighted by Crippen LogP contribution is 2.09. The van der Waals surface area contributed by atoms with Gasteiger partial charge < -0.3 is 10.7 Å². The van der Waals surface area contributed by atoms with Gasteiger partial charge in [0, 0.05) is 0 Å². The van der Waals surface area contributed by atoms with Crippen LogP contribution in [-0.4, -0.2) is 15.0 Å². The van der Waals surface area contributed by atoms with Gasteiger partial charge in [-0.3, -0.25) is 0 Å². The third-order valence-electron chi connectivity index (χ3n) is 2.90. The summed E-state index contributed by atoms with van der Waals surface area (Å²) in [7, 11) is 0. The number of hydrogen-bond acceptors (Lipinski definition) is 3. The number of H-pyrrole nitrogens is 1. The first-order chi connectivity index (χ1) is 9.34. The number of nitrogen functional groups attached to an aromatic ring is 1. The lowest BCUT2D eigenvalue weighted by Gasteiger charge is -1.97. The van der Waals surface area contributed by atoms with Crippen molar-refractivity contribution in [3.05, 3.63) is 54.6 Å². The molecule has 3 rings (SSSR count). The quantitative estimate of drug-likeness (QED) is 0.694. The van der Waals surface area contributed by atoms with Crippen LogP contribution in [0.4, 0.5) is 5.82 Å². The van der Waals surface area contributed by atoms with Crippen molar-refractivity contribution in [3.63, 3.8) is 0 Å². The zero-order valence-electron chi connectivity index (χ0n) is 10.3. The maximum absolute atomic E-state index is 5.78. The molecule has 0 atom stereocenters. The molecule has 0 aliphatic carbocycles. The number of aromatic amines is 1. The highest BCUT2D eigenvalue weighted by molar-refractivity contribution is 5.78. The topological polar surface area (TPSA) is 71.5 Å². The summed E-state index contributed by atoms with van der Waals surface area (Å²) in [6, 6.07) is 10.2. The molecule has 3 aromatic rings. The van der Waals surface area contributed by atoms with Crippen molar-refractivity contribution in [2.45, 2.75) is 6.54 Å². The number of nitrogens with two attached hydrogens (primary N) is 1. The van der Waals surface area contributed by atoms with Crippen LogP contribution in [0.5, 0.6) is 0 Å². The van der Waals surface area contributed by atoms with Crippen molar-refractivity contribution in [2.75, 3.05) is 5.73 Å². The molecule has 0 unspecified atom stereocenters. The van der Waals surface area contributed by atoms with E-state index in [1.807, 2.05) is 22.8 Å². The first-order valence-corrected chi connectivity index (χ1v) is 6.03. The van der Waals surface area contributed by atoms with E-state index in [1.54, 1.807) is 12.7 Å². The Labute approximate surface area is 110 Å². The maximum Gasteiger partial charge on any atom is 0.293 e. The van der Waals surface area contributed by atoms with E-state index in [4.69, 9.17) is 5.73 Å². The number of anilines is 1. The largest absolute Gasteiger partial charge is 0.368 e. The van der Waals surface area contributed by atoms with E-state index in [1.165, 1.54) is 5.56 Å². The smallest absolute Gasteiger partial charge is 0.293 e. The number of nitrogens with one attached hydrogen (secondary N) is 1. The number of nitrogens with zero attached hydrogens (tertiary/aromatic N) is 3. The lowest BCUT2D eigenvalue weighted by atomic mass is 10.2. The van der Waals surface area contributed by atoms with Crippen molar-refractivity contribution in [1.29, 1.82) is 0 Å². The fourth-order valence-corrected chi connectivity index (χ4v) is 1.94. The Morgan fingerprint density at radius 1 is 1.21 bits per heavy atom. The first-order valence-electron chi connectivity index (χ1n) is 6.03. The molecule has 19 heavy (non-hydrogen) atoms. The molecule has 0 fully saturated rings. The number of rotatable bonds is 3. The van der Waals surface area contributed by atoms with Crippen LogP contribution in [0, 0.1) is 0 Å². The molecular formula is C14H14N5+. The highest BCUT2D eigenvalue weighted by atomic mass is 15.1. The molecule has 0 spiro atoms. The lowest BCUT2D eigenvalue weighted by Crippen LogP contribution is -2.34. The summed E-state index contributed by atoms with van der Waals surface area (Å²) in [6.45, 7) is 0.698. The number of fused-ring (bicyclic) bond motifs is 1. The van der Waals surface area contributed by atoms with Crippen LogP contribution in [0.25, 0.3) is 17.2 Å². The van der Waals surface area contributed by atoms with Crippen molar-refractivity contribution >= 4 is 23.1 Å². The summed E-state index contributed by atoms with van der Waals surface area (Å²) in [5, 5.41) is 0. The van der Waals surface area contributed by atoms with Crippen LogP contribution in [-0.2, 0) is 6.54 Å². The van der Waals surface area contributed by atoms with Crippen LogP contribution >= 0.6 is 0 Å². The number of imidazole rings is 1. The van der Waals surface area contributed by atoms with Gasteiger partial charge in [-0.25, -0.2) is 4.57 Å². The standard InChI is InChI=1S/C14H13N5/c15-13-12-14(17-9-16-12)19(10-18-13)8-4-7-11-5-2-1-3-6-11/h1-7,9-10H,8H2,(H2,15,16,17)/p+1/b7-4-. The summed E-state index contributed by atoms with van der Waals surface area (Å²) in [4.78, 5) is 11.4. The average molecular weight is 252 g/mol. The number of allylic oxidation sites excluding steroid dienone is 1. The summed E-state index contributed by atoms with van der Waals surface area (Å²) < 4.78 is 1.95. The van der Waals surface area contributed by atoms with Gasteiger partial charge in [0.2, 0.25) is 12.1 Å². The predicted octanol–water partition coefficient (Wildman–Crippen LogP) is 1.54. The van der Waals surface area contributed by atoms with Crippen molar-refractivity contribution in [1.82, 2.24) is 15.0 Å². The molecule has 0 bridgehead atoms. The molecule has 0 aliphatic heterocycles. The van der Waals surface area contributed by atoms with Gasteiger partial charge in [0.15, 0.2) is 11.8 Å². The van der Waals surface area contributed by atoms with Crippen LogP contribution in [0.1, 0.15) is 5.56 Å². The van der Waals surface area contributed by atoms with Gasteiger partial charge in [0.05, 0.1) is 6.54 Å². The van der Waals surface area contributed by atoms with Gasteiger partial charge in [0.25, 0.3) is 5.65 Å². The normalized spacial score (nSPS) is 11.4. The van der Waals surface area contributed by atoms with Crippen LogP contribution in [0.2, 0.25) is 0 Å². The van der Waals surface area contributed by atoms with Gasteiger partial charge in [-0.2, -0.15) is 0 Å². The summed E-state index contributed by atoms with van der Waals surface area (Å²) in [6.07, 6.45) is 7.47. The van der Waals surface area contributed by atoms with E-state index in [2.05, 4.69) is 39.2 Å². The van der Waals surface area contributed by atoms with Crippen LogP contribution in [0.15, 0.2) is 49.1 Å². The monoisotopic (exact) mass is 252 g/mol. The fraction of sp³-hybridized carbons (Fsp3) is 0.0714. The number of aromatic nitrogens is 4. The van der Waals surface area contributed by atoms with Gasteiger partial charge in [-0.15, -0.1) is 0 Å². The molecule has 0 amide bonds. The first kappa shape index (κ1) is 11.4. The second kappa shape index (κ2) is 4.89. The Hall–Kier alpha value is -2.69. The zero-order chi connectivity index (χ0) is 13.1. The minimum atomic E-state index is 0.468. The molecule has 0 aliphatic rings. The maximum atomic E-state index is 5.78. The molecule has 2 aromatic heterocycles. The Morgan fingerprint density at radius 3 is 2.89 bits per heavy atom. The summed E-state index contributed by atoms with van der Waals surface area (Å²) in [5.74, 6) is 0.468. The number of benzene rings is 1. The molecule has 0 saturated carbocycles. The predicted molar refractivity (Wildman–Crippen MR) is 74.0 cm³/mol.